The van der Waals surface area contributed by atoms with Gasteiger partial charge in [-0.1, -0.05) is 30.3 Å². The van der Waals surface area contributed by atoms with Crippen molar-refractivity contribution in [2.45, 2.75) is 6.92 Å². The highest BCUT2D eigenvalue weighted by atomic mass is 16.3. The van der Waals surface area contributed by atoms with Gasteiger partial charge >= 0.3 is 6.03 Å². The number of hydrogen-bond donors (Lipinski definition) is 2. The molecular formula is C21H17N3O2. The number of aromatic nitrogens is 1. The highest BCUT2D eigenvalue weighted by Gasteiger charge is 2.10. The van der Waals surface area contributed by atoms with E-state index in [4.69, 9.17) is 4.42 Å². The van der Waals surface area contributed by atoms with Crippen LogP contribution in [0.1, 0.15) is 5.56 Å². The lowest BCUT2D eigenvalue weighted by molar-refractivity contribution is 0.262. The van der Waals surface area contributed by atoms with Crippen LogP contribution >= 0.6 is 0 Å². The smallest absolute Gasteiger partial charge is 0.323 e. The summed E-state index contributed by atoms with van der Waals surface area (Å²) in [5.41, 5.74) is 4.89. The molecule has 2 amide bonds. The first-order valence-corrected chi connectivity index (χ1v) is 8.28. The van der Waals surface area contributed by atoms with Gasteiger partial charge in [0, 0.05) is 16.9 Å². The molecule has 0 aliphatic carbocycles. The highest BCUT2D eigenvalue weighted by Crippen LogP contribution is 2.26. The van der Waals surface area contributed by atoms with E-state index in [2.05, 4.69) is 15.6 Å². The third-order valence-electron chi connectivity index (χ3n) is 3.94. The second kappa shape index (κ2) is 6.72. The normalized spacial score (nSPS) is 10.7. The number of hydrogen-bond acceptors (Lipinski definition) is 3. The number of anilines is 2. The van der Waals surface area contributed by atoms with Crippen LogP contribution in [0.3, 0.4) is 0 Å². The Morgan fingerprint density at radius 3 is 2.50 bits per heavy atom. The zero-order valence-corrected chi connectivity index (χ0v) is 14.2. The molecule has 5 heteroatoms. The van der Waals surface area contributed by atoms with Crippen LogP contribution in [-0.4, -0.2) is 11.0 Å². The van der Waals surface area contributed by atoms with Crippen molar-refractivity contribution in [1.29, 1.82) is 0 Å². The van der Waals surface area contributed by atoms with Gasteiger partial charge in [0.1, 0.15) is 5.52 Å². The molecule has 4 aromatic rings. The van der Waals surface area contributed by atoms with E-state index < -0.39 is 0 Å². The molecule has 0 fully saturated rings. The molecule has 1 aromatic heterocycles. The molecule has 2 N–H and O–H groups in total. The van der Waals surface area contributed by atoms with E-state index in [1.165, 1.54) is 0 Å². The Hall–Kier alpha value is -3.60. The second-order valence-corrected chi connectivity index (χ2v) is 6.02. The molecular weight excluding hydrogens is 326 g/mol. The number of oxazole rings is 1. The number of para-hydroxylation sites is 1. The minimum Gasteiger partial charge on any atom is -0.436 e. The molecule has 0 atom stereocenters. The van der Waals surface area contributed by atoms with Crippen molar-refractivity contribution in [2.75, 3.05) is 10.6 Å². The van der Waals surface area contributed by atoms with E-state index >= 15 is 0 Å². The van der Waals surface area contributed by atoms with Crippen molar-refractivity contribution in [3.05, 3.63) is 78.4 Å². The number of amides is 2. The molecule has 0 spiro atoms. The number of fused-ring (bicyclic) bond motifs is 1. The van der Waals surface area contributed by atoms with Crippen LogP contribution in [-0.2, 0) is 0 Å². The van der Waals surface area contributed by atoms with E-state index in [9.17, 15) is 4.79 Å². The van der Waals surface area contributed by atoms with Crippen molar-refractivity contribution in [3.8, 4) is 11.5 Å². The number of nitrogens with one attached hydrogen (secondary N) is 2. The van der Waals surface area contributed by atoms with Gasteiger partial charge in [0.2, 0.25) is 5.89 Å². The zero-order chi connectivity index (χ0) is 17.9. The first-order valence-electron chi connectivity index (χ1n) is 8.28. The topological polar surface area (TPSA) is 67.2 Å². The van der Waals surface area contributed by atoms with Crippen molar-refractivity contribution >= 4 is 28.5 Å². The molecule has 5 nitrogen and oxygen atoms in total. The fourth-order valence-corrected chi connectivity index (χ4v) is 2.71. The van der Waals surface area contributed by atoms with E-state index in [-0.39, 0.29) is 6.03 Å². The molecule has 0 unspecified atom stereocenters. The maximum atomic E-state index is 12.1. The van der Waals surface area contributed by atoms with Gasteiger partial charge in [-0.25, -0.2) is 9.78 Å². The Kier molecular flexibility index (Phi) is 4.11. The summed E-state index contributed by atoms with van der Waals surface area (Å²) >= 11 is 0. The molecule has 3 aromatic carbocycles. The molecule has 128 valence electrons. The van der Waals surface area contributed by atoms with Crippen LogP contribution in [0.4, 0.5) is 16.2 Å². The predicted octanol–water partition coefficient (Wildman–Crippen LogP) is 5.45. The lowest BCUT2D eigenvalue weighted by atomic mass is 10.2. The Labute approximate surface area is 150 Å². The summed E-state index contributed by atoms with van der Waals surface area (Å²) in [5.74, 6) is 0.526. The molecule has 0 radical (unpaired) electrons. The largest absolute Gasteiger partial charge is 0.436 e. The number of benzene rings is 3. The van der Waals surface area contributed by atoms with Gasteiger partial charge < -0.3 is 15.1 Å². The number of nitrogens with zero attached hydrogens (tertiary/aromatic N) is 1. The molecule has 26 heavy (non-hydrogen) atoms. The molecule has 0 bridgehead atoms. The van der Waals surface area contributed by atoms with Crippen molar-refractivity contribution < 1.29 is 9.21 Å². The van der Waals surface area contributed by atoms with E-state index in [0.29, 0.717) is 11.6 Å². The number of rotatable bonds is 3. The van der Waals surface area contributed by atoms with Crippen LogP contribution in [0, 0.1) is 6.92 Å². The summed E-state index contributed by atoms with van der Waals surface area (Å²) in [5, 5.41) is 5.61. The van der Waals surface area contributed by atoms with Gasteiger partial charge in [-0.3, -0.25) is 0 Å². The fraction of sp³-hybridized carbons (Fsp3) is 0.0476. The first-order chi connectivity index (χ1) is 12.7. The summed E-state index contributed by atoms with van der Waals surface area (Å²) in [6, 6.07) is 22.3. The summed E-state index contributed by atoms with van der Waals surface area (Å²) in [6.45, 7) is 2.02. The quantitative estimate of drug-likeness (QED) is 0.520. The average molecular weight is 343 g/mol. The minimum absolute atomic E-state index is 0.304. The SMILES string of the molecule is Cc1ccc2oc(-c3cccc(NC(=O)Nc4ccccc4)c3)nc2c1. The van der Waals surface area contributed by atoms with Crippen molar-refractivity contribution in [1.82, 2.24) is 4.98 Å². The lowest BCUT2D eigenvalue weighted by Crippen LogP contribution is -2.19. The molecule has 1 heterocycles. The number of urea groups is 1. The minimum atomic E-state index is -0.304. The Bertz CT molecular complexity index is 1070. The van der Waals surface area contributed by atoms with Crippen molar-refractivity contribution in [2.24, 2.45) is 0 Å². The zero-order valence-electron chi connectivity index (χ0n) is 14.2. The third-order valence-corrected chi connectivity index (χ3v) is 3.94. The monoisotopic (exact) mass is 343 g/mol. The Morgan fingerprint density at radius 2 is 1.65 bits per heavy atom. The van der Waals surface area contributed by atoms with Gasteiger partial charge in [-0.05, 0) is 55.0 Å². The van der Waals surface area contributed by atoms with E-state index in [0.717, 1.165) is 27.9 Å². The Balaban J connectivity index is 1.55. The standard InChI is InChI=1S/C21H17N3O2/c1-14-10-11-19-18(12-14)24-20(26-19)15-6-5-9-17(13-15)23-21(25)22-16-7-3-2-4-8-16/h2-13H,1H3,(H2,22,23,25). The predicted molar refractivity (Wildman–Crippen MR) is 103 cm³/mol. The summed E-state index contributed by atoms with van der Waals surface area (Å²) in [6.07, 6.45) is 0. The van der Waals surface area contributed by atoms with Crippen molar-refractivity contribution in [3.63, 3.8) is 0 Å². The van der Waals surface area contributed by atoms with Gasteiger partial charge in [-0.2, -0.15) is 0 Å². The van der Waals surface area contributed by atoms with Gasteiger partial charge in [0.15, 0.2) is 5.58 Å². The van der Waals surface area contributed by atoms with Crippen LogP contribution in [0.5, 0.6) is 0 Å². The molecule has 0 saturated heterocycles. The van der Waals surface area contributed by atoms with Crippen LogP contribution in [0.15, 0.2) is 77.2 Å². The maximum absolute atomic E-state index is 12.1. The number of carbonyl (C=O) groups is 1. The van der Waals surface area contributed by atoms with Crippen LogP contribution in [0.25, 0.3) is 22.6 Å². The fourth-order valence-electron chi connectivity index (χ4n) is 2.71. The van der Waals surface area contributed by atoms with Gasteiger partial charge in [0.25, 0.3) is 0 Å². The first kappa shape index (κ1) is 15.9. The van der Waals surface area contributed by atoms with E-state index in [1.54, 1.807) is 0 Å². The summed E-state index contributed by atoms with van der Waals surface area (Å²) < 4.78 is 5.83. The number of aryl methyl sites for hydroxylation is 1. The van der Waals surface area contributed by atoms with Crippen LogP contribution < -0.4 is 10.6 Å². The summed E-state index contributed by atoms with van der Waals surface area (Å²) in [4.78, 5) is 16.7. The van der Waals surface area contributed by atoms with Gasteiger partial charge in [-0.15, -0.1) is 0 Å². The lowest BCUT2D eigenvalue weighted by Gasteiger charge is -2.08. The molecule has 0 aliphatic heterocycles. The highest BCUT2D eigenvalue weighted by molar-refractivity contribution is 6.00. The van der Waals surface area contributed by atoms with Gasteiger partial charge in [0.05, 0.1) is 0 Å². The molecule has 0 aliphatic rings. The maximum Gasteiger partial charge on any atom is 0.323 e. The average Bonchev–Trinajstić information content (AvgIpc) is 3.06. The van der Waals surface area contributed by atoms with Crippen LogP contribution in [0.2, 0.25) is 0 Å². The third kappa shape index (κ3) is 3.42. The number of carbonyl (C=O) groups excluding carboxylic acids is 1. The molecule has 0 saturated carbocycles. The second-order valence-electron chi connectivity index (χ2n) is 6.02. The summed E-state index contributed by atoms with van der Waals surface area (Å²) in [7, 11) is 0. The molecule has 4 rings (SSSR count). The Morgan fingerprint density at radius 1 is 0.885 bits per heavy atom. The van der Waals surface area contributed by atoms with E-state index in [1.807, 2.05) is 79.7 Å².